The summed E-state index contributed by atoms with van der Waals surface area (Å²) in [5, 5.41) is 1.35. The van der Waals surface area contributed by atoms with Gasteiger partial charge in [-0.05, 0) is 12.5 Å². The fourth-order valence-corrected chi connectivity index (χ4v) is 1.76. The molecule has 0 aliphatic rings. The molecular formula is C6H12N2S. The first-order valence-electron chi connectivity index (χ1n) is 2.85. The van der Waals surface area contributed by atoms with E-state index in [4.69, 9.17) is 0 Å². The molecule has 1 heterocycles. The summed E-state index contributed by atoms with van der Waals surface area (Å²) in [6, 6.07) is 0. The number of nitrogens with zero attached hydrogens (tertiary/aromatic N) is 2. The Bertz CT molecular complexity index is 193. The van der Waals surface area contributed by atoms with Crippen molar-refractivity contribution in [3.05, 3.63) is 12.5 Å². The minimum Gasteiger partial charge on any atom is -0.330 e. The molecular weight excluding hydrogens is 132 g/mol. The SMILES string of the molecule is Cn1cncc1[SH](C)C. The van der Waals surface area contributed by atoms with Crippen LogP contribution in [0.5, 0.6) is 0 Å². The maximum atomic E-state index is 4.02. The molecule has 2 nitrogen and oxygen atoms in total. The lowest BCUT2D eigenvalue weighted by Gasteiger charge is -2.07. The van der Waals surface area contributed by atoms with Gasteiger partial charge in [0, 0.05) is 7.05 Å². The Balaban J connectivity index is 2.94. The molecule has 0 fully saturated rings. The molecule has 1 aromatic heterocycles. The minimum absolute atomic E-state index is 0.0211. The largest absolute Gasteiger partial charge is 0.330 e. The van der Waals surface area contributed by atoms with Gasteiger partial charge in [-0.15, -0.1) is 0 Å². The molecule has 0 aliphatic carbocycles. The van der Waals surface area contributed by atoms with Crippen LogP contribution in [-0.2, 0) is 7.05 Å². The van der Waals surface area contributed by atoms with E-state index >= 15 is 0 Å². The van der Waals surface area contributed by atoms with Gasteiger partial charge in [0.1, 0.15) is 0 Å². The van der Waals surface area contributed by atoms with Crippen molar-refractivity contribution in [2.75, 3.05) is 12.5 Å². The molecule has 0 amide bonds. The molecule has 0 aromatic carbocycles. The van der Waals surface area contributed by atoms with Crippen molar-refractivity contribution in [3.8, 4) is 0 Å². The molecule has 52 valence electrons. The van der Waals surface area contributed by atoms with Gasteiger partial charge in [0.2, 0.25) is 0 Å². The van der Waals surface area contributed by atoms with Gasteiger partial charge in [-0.2, -0.15) is 0 Å². The van der Waals surface area contributed by atoms with Crippen molar-refractivity contribution in [1.82, 2.24) is 9.55 Å². The monoisotopic (exact) mass is 144 g/mol. The highest BCUT2D eigenvalue weighted by Gasteiger charge is 1.97. The Morgan fingerprint density at radius 2 is 2.22 bits per heavy atom. The van der Waals surface area contributed by atoms with Crippen LogP contribution in [0, 0.1) is 0 Å². The third-order valence-electron chi connectivity index (χ3n) is 1.25. The summed E-state index contributed by atoms with van der Waals surface area (Å²) in [4.78, 5) is 4.02. The van der Waals surface area contributed by atoms with Crippen LogP contribution < -0.4 is 0 Å². The van der Waals surface area contributed by atoms with E-state index in [-0.39, 0.29) is 10.9 Å². The number of hydrogen-bond donors (Lipinski definition) is 1. The van der Waals surface area contributed by atoms with E-state index in [1.807, 2.05) is 19.6 Å². The first kappa shape index (κ1) is 6.68. The zero-order valence-electron chi connectivity index (χ0n) is 6.00. The van der Waals surface area contributed by atoms with E-state index in [9.17, 15) is 0 Å². The molecule has 0 saturated heterocycles. The standard InChI is InChI=1S/C6H12N2S/c1-8-5-7-4-6(8)9(2)3/h4-5,9H,1-3H3. The summed E-state index contributed by atoms with van der Waals surface area (Å²) in [6.07, 6.45) is 8.24. The van der Waals surface area contributed by atoms with Crippen molar-refractivity contribution >= 4 is 10.9 Å². The van der Waals surface area contributed by atoms with E-state index in [0.717, 1.165) is 0 Å². The van der Waals surface area contributed by atoms with Crippen LogP contribution in [0.1, 0.15) is 0 Å². The zero-order valence-corrected chi connectivity index (χ0v) is 6.89. The molecule has 0 spiro atoms. The van der Waals surface area contributed by atoms with Gasteiger partial charge in [-0.25, -0.2) is 15.9 Å². The smallest absolute Gasteiger partial charge is 0.0951 e. The van der Waals surface area contributed by atoms with Crippen LogP contribution in [-0.4, -0.2) is 22.1 Å². The average Bonchev–Trinajstić information content (AvgIpc) is 2.13. The van der Waals surface area contributed by atoms with Crippen LogP contribution in [0.3, 0.4) is 0 Å². The predicted molar refractivity (Wildman–Crippen MR) is 42.3 cm³/mol. The summed E-state index contributed by atoms with van der Waals surface area (Å²) in [5.74, 6) is 0. The van der Waals surface area contributed by atoms with Crippen LogP contribution in [0.2, 0.25) is 0 Å². The van der Waals surface area contributed by atoms with Gasteiger partial charge in [0.15, 0.2) is 0 Å². The molecule has 0 radical (unpaired) electrons. The third-order valence-corrected chi connectivity index (χ3v) is 2.60. The number of aromatic nitrogens is 2. The number of thiol groups is 1. The second-order valence-electron chi connectivity index (χ2n) is 2.26. The minimum atomic E-state index is 0.0211. The lowest BCUT2D eigenvalue weighted by atomic mass is 10.9. The fraction of sp³-hybridized carbons (Fsp3) is 0.500. The molecule has 0 bridgehead atoms. The van der Waals surface area contributed by atoms with E-state index in [0.29, 0.717) is 0 Å². The molecule has 0 N–H and O–H groups in total. The third kappa shape index (κ3) is 1.27. The lowest BCUT2D eigenvalue weighted by Crippen LogP contribution is -1.89. The Morgan fingerprint density at radius 1 is 1.56 bits per heavy atom. The van der Waals surface area contributed by atoms with Gasteiger partial charge < -0.3 is 4.57 Å². The van der Waals surface area contributed by atoms with Gasteiger partial charge in [-0.3, -0.25) is 0 Å². The van der Waals surface area contributed by atoms with Crippen molar-refractivity contribution in [2.24, 2.45) is 7.05 Å². The Labute approximate surface area is 58.3 Å². The molecule has 0 unspecified atom stereocenters. The number of aryl methyl sites for hydroxylation is 1. The van der Waals surface area contributed by atoms with Gasteiger partial charge >= 0.3 is 0 Å². The summed E-state index contributed by atoms with van der Waals surface area (Å²) in [6.45, 7) is 0. The first-order chi connectivity index (χ1) is 4.22. The first-order valence-corrected chi connectivity index (χ1v) is 5.09. The topological polar surface area (TPSA) is 17.8 Å². The highest BCUT2D eigenvalue weighted by atomic mass is 32.2. The van der Waals surface area contributed by atoms with Gasteiger partial charge in [-0.1, -0.05) is 0 Å². The van der Waals surface area contributed by atoms with Crippen LogP contribution >= 0.6 is 10.9 Å². The van der Waals surface area contributed by atoms with Crippen LogP contribution in [0.4, 0.5) is 0 Å². The molecule has 1 aromatic rings. The molecule has 0 saturated carbocycles. The van der Waals surface area contributed by atoms with Crippen LogP contribution in [0.25, 0.3) is 0 Å². The molecule has 1 rings (SSSR count). The zero-order chi connectivity index (χ0) is 6.85. The summed E-state index contributed by atoms with van der Waals surface area (Å²) < 4.78 is 2.08. The Kier molecular flexibility index (Phi) is 1.81. The lowest BCUT2D eigenvalue weighted by molar-refractivity contribution is 0.823. The van der Waals surface area contributed by atoms with E-state index in [1.165, 1.54) is 5.03 Å². The summed E-state index contributed by atoms with van der Waals surface area (Å²) in [7, 11) is 2.05. The highest BCUT2D eigenvalue weighted by Crippen LogP contribution is 2.25. The van der Waals surface area contributed by atoms with E-state index in [2.05, 4.69) is 22.1 Å². The molecule has 9 heavy (non-hydrogen) atoms. The molecule has 0 aliphatic heterocycles. The normalized spacial score (nSPS) is 11.7. The number of hydrogen-bond acceptors (Lipinski definition) is 1. The van der Waals surface area contributed by atoms with E-state index < -0.39 is 0 Å². The van der Waals surface area contributed by atoms with E-state index in [1.54, 1.807) is 0 Å². The van der Waals surface area contributed by atoms with Crippen molar-refractivity contribution in [3.63, 3.8) is 0 Å². The van der Waals surface area contributed by atoms with Gasteiger partial charge in [0.05, 0.1) is 17.6 Å². The second-order valence-corrected chi connectivity index (χ2v) is 4.50. The van der Waals surface area contributed by atoms with Crippen molar-refractivity contribution < 1.29 is 0 Å². The number of imidazole rings is 1. The quantitative estimate of drug-likeness (QED) is 0.583. The molecule has 0 atom stereocenters. The second kappa shape index (κ2) is 2.43. The fourth-order valence-electron chi connectivity index (χ4n) is 0.781. The number of rotatable bonds is 1. The van der Waals surface area contributed by atoms with Crippen LogP contribution in [0.15, 0.2) is 17.6 Å². The van der Waals surface area contributed by atoms with Crippen molar-refractivity contribution in [2.45, 2.75) is 5.03 Å². The Morgan fingerprint density at radius 3 is 2.44 bits per heavy atom. The summed E-state index contributed by atoms with van der Waals surface area (Å²) in [5.41, 5.74) is 0. The van der Waals surface area contributed by atoms with Gasteiger partial charge in [0.25, 0.3) is 0 Å². The Hall–Kier alpha value is -0.440. The average molecular weight is 144 g/mol. The predicted octanol–water partition coefficient (Wildman–Crippen LogP) is 1.04. The maximum absolute atomic E-state index is 4.02. The maximum Gasteiger partial charge on any atom is 0.0951 e. The van der Waals surface area contributed by atoms with Crippen molar-refractivity contribution in [1.29, 1.82) is 0 Å². The summed E-state index contributed by atoms with van der Waals surface area (Å²) >= 11 is 0. The highest BCUT2D eigenvalue weighted by molar-refractivity contribution is 8.15. The molecule has 3 heteroatoms.